The topological polar surface area (TPSA) is 62.4 Å². The van der Waals surface area contributed by atoms with Crippen molar-refractivity contribution in [2.45, 2.75) is 26.2 Å². The molecule has 1 fully saturated rings. The van der Waals surface area contributed by atoms with E-state index in [0.29, 0.717) is 35.0 Å². The number of carbonyl (C=O) groups excluding carboxylic acids is 2. The molecule has 0 saturated carbocycles. The number of rotatable bonds is 3. The summed E-state index contributed by atoms with van der Waals surface area (Å²) in [5, 5.41) is 0. The number of aromatic nitrogens is 1. The quantitative estimate of drug-likeness (QED) is 0.882. The molecule has 126 valence electrons. The highest BCUT2D eigenvalue weighted by molar-refractivity contribution is 6.00. The molecule has 2 heterocycles. The van der Waals surface area contributed by atoms with Crippen molar-refractivity contribution in [3.8, 4) is 0 Å². The maximum atomic E-state index is 12.9. The second-order valence-corrected chi connectivity index (χ2v) is 6.26. The van der Waals surface area contributed by atoms with Crippen LogP contribution >= 0.6 is 0 Å². The monoisotopic (exact) mass is 326 g/mol. The van der Waals surface area contributed by atoms with Crippen LogP contribution < -0.4 is 0 Å². The summed E-state index contributed by atoms with van der Waals surface area (Å²) in [6.45, 7) is 5.00. The third-order valence-corrected chi connectivity index (χ3v) is 4.79. The molecule has 24 heavy (non-hydrogen) atoms. The third-order valence-electron chi connectivity index (χ3n) is 4.79. The molecule has 0 unspecified atom stereocenters. The molecular formula is C19H22N2O3. The number of esters is 1. The number of nitrogens with zero attached hydrogens (tertiary/aromatic N) is 1. The molecule has 1 aliphatic heterocycles. The molecule has 1 amide bonds. The minimum Gasteiger partial charge on any atom is -0.465 e. The number of H-pyrrole nitrogens is 1. The molecule has 2 aromatic rings. The largest absolute Gasteiger partial charge is 0.465 e. The molecule has 0 bridgehead atoms. The average Bonchev–Trinajstić information content (AvgIpc) is 3.20. The fourth-order valence-electron chi connectivity index (χ4n) is 3.47. The summed E-state index contributed by atoms with van der Waals surface area (Å²) in [4.78, 5) is 29.7. The van der Waals surface area contributed by atoms with Gasteiger partial charge in [0.1, 0.15) is 5.69 Å². The lowest BCUT2D eigenvalue weighted by Crippen LogP contribution is -2.29. The Morgan fingerprint density at radius 1 is 1.21 bits per heavy atom. The summed E-state index contributed by atoms with van der Waals surface area (Å²) >= 11 is 0. The van der Waals surface area contributed by atoms with Crippen molar-refractivity contribution in [1.82, 2.24) is 9.88 Å². The highest BCUT2D eigenvalue weighted by atomic mass is 16.5. The maximum Gasteiger partial charge on any atom is 0.339 e. The molecule has 0 aliphatic carbocycles. The van der Waals surface area contributed by atoms with Crippen molar-refractivity contribution in [2.24, 2.45) is 0 Å². The molecule has 1 atom stereocenters. The van der Waals surface area contributed by atoms with Crippen LogP contribution in [0.1, 0.15) is 50.0 Å². The van der Waals surface area contributed by atoms with Crippen LogP contribution in [0.4, 0.5) is 0 Å². The number of nitrogens with one attached hydrogen (secondary N) is 1. The maximum absolute atomic E-state index is 12.9. The number of benzene rings is 1. The summed E-state index contributed by atoms with van der Waals surface area (Å²) < 4.78 is 4.81. The standard InChI is InChI=1S/C19H22N2O3/c1-12-16(19(23)24-3)13(2)20-17(12)18(22)21-10-9-15(11-21)14-7-5-4-6-8-14/h4-8,15,20H,9-11H2,1-3H3/t15-/m0/s1. The number of amides is 1. The normalized spacial score (nSPS) is 17.1. The highest BCUT2D eigenvalue weighted by Gasteiger charge is 2.31. The predicted octanol–water partition coefficient (Wildman–Crippen LogP) is 3.05. The number of likely N-dealkylation sites (tertiary alicyclic amines) is 1. The number of aryl methyl sites for hydroxylation is 1. The fraction of sp³-hybridized carbons (Fsp3) is 0.368. The molecule has 0 spiro atoms. The molecular weight excluding hydrogens is 304 g/mol. The number of aromatic amines is 1. The van der Waals surface area contributed by atoms with Gasteiger partial charge in [-0.2, -0.15) is 0 Å². The first-order valence-electron chi connectivity index (χ1n) is 8.14. The van der Waals surface area contributed by atoms with E-state index in [0.717, 1.165) is 13.0 Å². The first kappa shape index (κ1) is 16.3. The van der Waals surface area contributed by atoms with Crippen LogP contribution in [0, 0.1) is 13.8 Å². The lowest BCUT2D eigenvalue weighted by atomic mass is 9.99. The lowest BCUT2D eigenvalue weighted by molar-refractivity contribution is 0.0599. The lowest BCUT2D eigenvalue weighted by Gasteiger charge is -2.16. The summed E-state index contributed by atoms with van der Waals surface area (Å²) in [6, 6.07) is 10.3. The Kier molecular flexibility index (Phi) is 4.42. The first-order valence-corrected chi connectivity index (χ1v) is 8.14. The van der Waals surface area contributed by atoms with Crippen LogP contribution in [-0.2, 0) is 4.74 Å². The van der Waals surface area contributed by atoms with Crippen LogP contribution in [0.3, 0.4) is 0 Å². The van der Waals surface area contributed by atoms with Crippen LogP contribution in [0.2, 0.25) is 0 Å². The Bertz CT molecular complexity index is 764. The Balaban J connectivity index is 1.80. The van der Waals surface area contributed by atoms with E-state index < -0.39 is 5.97 Å². The van der Waals surface area contributed by atoms with Gasteiger partial charge in [0.2, 0.25) is 0 Å². The van der Waals surface area contributed by atoms with Crippen molar-refractivity contribution < 1.29 is 14.3 Å². The Labute approximate surface area is 141 Å². The SMILES string of the molecule is COC(=O)c1c(C)[nH]c(C(=O)N2CC[C@H](c3ccccc3)C2)c1C. The van der Waals surface area contributed by atoms with Crippen molar-refractivity contribution in [1.29, 1.82) is 0 Å². The van der Waals surface area contributed by atoms with Gasteiger partial charge in [0.05, 0.1) is 12.7 Å². The second-order valence-electron chi connectivity index (χ2n) is 6.26. The van der Waals surface area contributed by atoms with Gasteiger partial charge in [0.15, 0.2) is 0 Å². The first-order chi connectivity index (χ1) is 11.5. The average molecular weight is 326 g/mol. The Morgan fingerprint density at radius 2 is 1.92 bits per heavy atom. The van der Waals surface area contributed by atoms with Crippen LogP contribution in [0.5, 0.6) is 0 Å². The van der Waals surface area contributed by atoms with Crippen LogP contribution in [0.15, 0.2) is 30.3 Å². The smallest absolute Gasteiger partial charge is 0.339 e. The third kappa shape index (κ3) is 2.82. The molecule has 1 aromatic carbocycles. The zero-order valence-corrected chi connectivity index (χ0v) is 14.3. The van der Waals surface area contributed by atoms with E-state index >= 15 is 0 Å². The fourth-order valence-corrected chi connectivity index (χ4v) is 3.47. The van der Waals surface area contributed by atoms with Gasteiger partial charge in [0.25, 0.3) is 5.91 Å². The number of hydrogen-bond donors (Lipinski definition) is 1. The van der Waals surface area contributed by atoms with Crippen molar-refractivity contribution in [2.75, 3.05) is 20.2 Å². The van der Waals surface area contributed by atoms with E-state index in [-0.39, 0.29) is 5.91 Å². The zero-order chi connectivity index (χ0) is 17.3. The molecule has 5 nitrogen and oxygen atoms in total. The van der Waals surface area contributed by atoms with Gasteiger partial charge in [0, 0.05) is 24.7 Å². The van der Waals surface area contributed by atoms with Crippen LogP contribution in [0.25, 0.3) is 0 Å². The van der Waals surface area contributed by atoms with Gasteiger partial charge >= 0.3 is 5.97 Å². The molecule has 5 heteroatoms. The molecule has 1 aliphatic rings. The summed E-state index contributed by atoms with van der Waals surface area (Å²) in [6.07, 6.45) is 0.957. The second kappa shape index (κ2) is 6.51. The van der Waals surface area contributed by atoms with Gasteiger partial charge in [-0.05, 0) is 31.4 Å². The molecule has 1 aromatic heterocycles. The molecule has 1 saturated heterocycles. The van der Waals surface area contributed by atoms with Gasteiger partial charge in [-0.15, -0.1) is 0 Å². The molecule has 1 N–H and O–H groups in total. The summed E-state index contributed by atoms with van der Waals surface area (Å²) in [5.41, 5.74) is 3.54. The Morgan fingerprint density at radius 3 is 2.58 bits per heavy atom. The Hall–Kier alpha value is -2.56. The minimum absolute atomic E-state index is 0.0517. The number of hydrogen-bond acceptors (Lipinski definition) is 3. The highest BCUT2D eigenvalue weighted by Crippen LogP contribution is 2.29. The molecule has 3 rings (SSSR count). The van der Waals surface area contributed by atoms with E-state index in [1.807, 2.05) is 23.1 Å². The van der Waals surface area contributed by atoms with Crippen molar-refractivity contribution in [3.63, 3.8) is 0 Å². The van der Waals surface area contributed by atoms with E-state index in [1.54, 1.807) is 13.8 Å². The molecule has 0 radical (unpaired) electrons. The predicted molar refractivity (Wildman–Crippen MR) is 91.3 cm³/mol. The zero-order valence-electron chi connectivity index (χ0n) is 14.3. The van der Waals surface area contributed by atoms with E-state index in [4.69, 9.17) is 4.74 Å². The van der Waals surface area contributed by atoms with Gasteiger partial charge in [-0.1, -0.05) is 30.3 Å². The summed E-state index contributed by atoms with van der Waals surface area (Å²) in [5.74, 6) is -0.0975. The van der Waals surface area contributed by atoms with Crippen molar-refractivity contribution >= 4 is 11.9 Å². The van der Waals surface area contributed by atoms with Gasteiger partial charge in [-0.3, -0.25) is 4.79 Å². The number of ether oxygens (including phenoxy) is 1. The van der Waals surface area contributed by atoms with Gasteiger partial charge in [-0.25, -0.2) is 4.79 Å². The van der Waals surface area contributed by atoms with E-state index in [1.165, 1.54) is 12.7 Å². The van der Waals surface area contributed by atoms with E-state index in [2.05, 4.69) is 17.1 Å². The van der Waals surface area contributed by atoms with Gasteiger partial charge < -0.3 is 14.6 Å². The number of methoxy groups -OCH3 is 1. The summed E-state index contributed by atoms with van der Waals surface area (Å²) in [7, 11) is 1.35. The van der Waals surface area contributed by atoms with Crippen LogP contribution in [-0.4, -0.2) is 42.0 Å². The van der Waals surface area contributed by atoms with Crippen molar-refractivity contribution in [3.05, 3.63) is 58.4 Å². The number of carbonyl (C=O) groups is 2. The van der Waals surface area contributed by atoms with E-state index in [9.17, 15) is 9.59 Å². The minimum atomic E-state index is -0.413.